The fraction of sp³-hybridized carbons (Fsp3) is 0.467. The molecule has 1 aliphatic rings. The van der Waals surface area contributed by atoms with Crippen LogP contribution in [0.4, 0.5) is 0 Å². The summed E-state index contributed by atoms with van der Waals surface area (Å²) in [6, 6.07) is 8.77. The van der Waals surface area contributed by atoms with Crippen molar-refractivity contribution >= 4 is 5.57 Å². The van der Waals surface area contributed by atoms with Crippen LogP contribution in [0.25, 0.3) is 5.57 Å². The molecule has 0 saturated carbocycles. The first-order valence-corrected chi connectivity index (χ1v) is 6.13. The number of hydrogen-bond donors (Lipinski definition) is 0. The van der Waals surface area contributed by atoms with E-state index in [2.05, 4.69) is 37.3 Å². The number of allylic oxidation sites excluding steroid dienone is 2. The van der Waals surface area contributed by atoms with Gasteiger partial charge in [0.2, 0.25) is 0 Å². The average molecular weight is 200 g/mol. The van der Waals surface area contributed by atoms with Gasteiger partial charge in [-0.1, -0.05) is 43.2 Å². The van der Waals surface area contributed by atoms with Crippen LogP contribution in [-0.2, 0) is 0 Å². The van der Waals surface area contributed by atoms with E-state index in [0.717, 1.165) is 0 Å². The SMILES string of the molecule is Cc1ccccc1C1=CCCCCCC1. The van der Waals surface area contributed by atoms with Gasteiger partial charge in [0.1, 0.15) is 0 Å². The predicted octanol–water partition coefficient (Wildman–Crippen LogP) is 4.73. The molecule has 0 aliphatic heterocycles. The molecule has 0 heteroatoms. The van der Waals surface area contributed by atoms with E-state index in [4.69, 9.17) is 0 Å². The van der Waals surface area contributed by atoms with Crippen LogP contribution in [0.1, 0.15) is 49.7 Å². The second-order valence-corrected chi connectivity index (χ2v) is 4.50. The molecule has 80 valence electrons. The molecule has 0 heterocycles. The maximum absolute atomic E-state index is 2.46. The first kappa shape index (κ1) is 10.5. The molecular formula is C15H20. The van der Waals surface area contributed by atoms with Crippen molar-refractivity contribution < 1.29 is 0 Å². The lowest BCUT2D eigenvalue weighted by Gasteiger charge is -2.13. The van der Waals surface area contributed by atoms with E-state index >= 15 is 0 Å². The molecule has 15 heavy (non-hydrogen) atoms. The second kappa shape index (κ2) is 5.16. The van der Waals surface area contributed by atoms with Crippen LogP contribution >= 0.6 is 0 Å². The zero-order chi connectivity index (χ0) is 10.5. The van der Waals surface area contributed by atoms with E-state index in [9.17, 15) is 0 Å². The van der Waals surface area contributed by atoms with Crippen LogP contribution in [0.3, 0.4) is 0 Å². The van der Waals surface area contributed by atoms with Crippen LogP contribution < -0.4 is 0 Å². The summed E-state index contributed by atoms with van der Waals surface area (Å²) in [7, 11) is 0. The van der Waals surface area contributed by atoms with Gasteiger partial charge in [-0.15, -0.1) is 0 Å². The minimum absolute atomic E-state index is 1.27. The Balaban J connectivity index is 2.24. The highest BCUT2D eigenvalue weighted by atomic mass is 14.1. The quantitative estimate of drug-likeness (QED) is 0.614. The molecule has 0 atom stereocenters. The highest BCUT2D eigenvalue weighted by Crippen LogP contribution is 2.27. The van der Waals surface area contributed by atoms with Gasteiger partial charge in [0.15, 0.2) is 0 Å². The zero-order valence-corrected chi connectivity index (χ0v) is 9.63. The van der Waals surface area contributed by atoms with Crippen molar-refractivity contribution in [1.29, 1.82) is 0 Å². The summed E-state index contributed by atoms with van der Waals surface area (Å²) in [5.41, 5.74) is 4.47. The monoisotopic (exact) mass is 200 g/mol. The Bertz CT molecular complexity index is 347. The standard InChI is InChI=1S/C15H20/c1-13-9-7-8-12-15(13)14-10-5-3-2-4-6-11-14/h7-10,12H,2-6,11H2,1H3. The van der Waals surface area contributed by atoms with Crippen molar-refractivity contribution in [3.8, 4) is 0 Å². The van der Waals surface area contributed by atoms with E-state index in [1.807, 2.05) is 0 Å². The van der Waals surface area contributed by atoms with Gasteiger partial charge in [-0.2, -0.15) is 0 Å². The van der Waals surface area contributed by atoms with Crippen LogP contribution in [0, 0.1) is 6.92 Å². The first-order valence-electron chi connectivity index (χ1n) is 6.13. The van der Waals surface area contributed by atoms with Gasteiger partial charge in [0, 0.05) is 0 Å². The third-order valence-electron chi connectivity index (χ3n) is 3.28. The minimum Gasteiger partial charge on any atom is -0.0807 e. The largest absolute Gasteiger partial charge is 0.0807 e. The minimum atomic E-state index is 1.27. The van der Waals surface area contributed by atoms with Crippen LogP contribution in [0.2, 0.25) is 0 Å². The molecule has 0 spiro atoms. The van der Waals surface area contributed by atoms with Gasteiger partial charge in [-0.3, -0.25) is 0 Å². The van der Waals surface area contributed by atoms with Crippen molar-refractivity contribution in [2.75, 3.05) is 0 Å². The van der Waals surface area contributed by atoms with E-state index in [1.54, 1.807) is 5.57 Å². The van der Waals surface area contributed by atoms with Crippen LogP contribution in [0.5, 0.6) is 0 Å². The zero-order valence-electron chi connectivity index (χ0n) is 9.63. The summed E-state index contributed by atoms with van der Waals surface area (Å²) < 4.78 is 0. The maximum Gasteiger partial charge on any atom is -0.0198 e. The van der Waals surface area contributed by atoms with Gasteiger partial charge in [-0.25, -0.2) is 0 Å². The van der Waals surface area contributed by atoms with Crippen molar-refractivity contribution in [2.24, 2.45) is 0 Å². The van der Waals surface area contributed by atoms with Crippen molar-refractivity contribution in [1.82, 2.24) is 0 Å². The summed E-state index contributed by atoms with van der Waals surface area (Å²) in [5, 5.41) is 0. The smallest absolute Gasteiger partial charge is 0.0198 e. The van der Waals surface area contributed by atoms with Crippen molar-refractivity contribution in [3.63, 3.8) is 0 Å². The lowest BCUT2D eigenvalue weighted by atomic mass is 9.92. The number of rotatable bonds is 1. The third-order valence-corrected chi connectivity index (χ3v) is 3.28. The van der Waals surface area contributed by atoms with Crippen LogP contribution in [-0.4, -0.2) is 0 Å². The second-order valence-electron chi connectivity index (χ2n) is 4.50. The first-order chi connectivity index (χ1) is 7.38. The summed E-state index contributed by atoms with van der Waals surface area (Å²) in [4.78, 5) is 0. The Morgan fingerprint density at radius 2 is 1.73 bits per heavy atom. The summed E-state index contributed by atoms with van der Waals surface area (Å²) >= 11 is 0. The molecule has 0 nitrogen and oxygen atoms in total. The van der Waals surface area contributed by atoms with E-state index in [0.29, 0.717) is 0 Å². The van der Waals surface area contributed by atoms with Gasteiger partial charge >= 0.3 is 0 Å². The molecular weight excluding hydrogens is 180 g/mol. The predicted molar refractivity (Wildman–Crippen MR) is 66.9 cm³/mol. The molecule has 1 aliphatic carbocycles. The molecule has 0 amide bonds. The summed E-state index contributed by atoms with van der Waals surface area (Å²) in [5.74, 6) is 0. The molecule has 0 saturated heterocycles. The highest BCUT2D eigenvalue weighted by molar-refractivity contribution is 5.68. The summed E-state index contributed by atoms with van der Waals surface area (Å²) in [6.07, 6.45) is 10.5. The Morgan fingerprint density at radius 3 is 2.60 bits per heavy atom. The average Bonchev–Trinajstić information content (AvgIpc) is 2.19. The maximum atomic E-state index is 2.46. The lowest BCUT2D eigenvalue weighted by molar-refractivity contribution is 0.643. The van der Waals surface area contributed by atoms with Crippen LogP contribution in [0.15, 0.2) is 30.3 Å². The summed E-state index contributed by atoms with van der Waals surface area (Å²) in [6.45, 7) is 2.22. The van der Waals surface area contributed by atoms with Crippen molar-refractivity contribution in [3.05, 3.63) is 41.5 Å². The number of aryl methyl sites for hydroxylation is 1. The number of hydrogen-bond acceptors (Lipinski definition) is 0. The highest BCUT2D eigenvalue weighted by Gasteiger charge is 2.06. The van der Waals surface area contributed by atoms with Gasteiger partial charge in [-0.05, 0) is 49.3 Å². The van der Waals surface area contributed by atoms with E-state index in [-0.39, 0.29) is 0 Å². The molecule has 0 unspecified atom stereocenters. The molecule has 1 aromatic rings. The Morgan fingerprint density at radius 1 is 0.933 bits per heavy atom. The van der Waals surface area contributed by atoms with Gasteiger partial charge in [0.05, 0.1) is 0 Å². The molecule has 0 N–H and O–H groups in total. The molecule has 0 fully saturated rings. The third kappa shape index (κ3) is 2.71. The molecule has 0 aromatic heterocycles. The Labute approximate surface area is 93.0 Å². The Hall–Kier alpha value is -1.04. The molecule has 0 radical (unpaired) electrons. The molecule has 1 aromatic carbocycles. The van der Waals surface area contributed by atoms with Gasteiger partial charge in [0.25, 0.3) is 0 Å². The lowest BCUT2D eigenvalue weighted by Crippen LogP contribution is -1.92. The molecule has 2 rings (SSSR count). The van der Waals surface area contributed by atoms with Crippen molar-refractivity contribution in [2.45, 2.75) is 45.4 Å². The Kier molecular flexibility index (Phi) is 3.60. The van der Waals surface area contributed by atoms with Gasteiger partial charge < -0.3 is 0 Å². The van der Waals surface area contributed by atoms with E-state index < -0.39 is 0 Å². The topological polar surface area (TPSA) is 0 Å². The normalized spacial score (nSPS) is 17.8. The fourth-order valence-corrected chi connectivity index (χ4v) is 2.37. The number of benzene rings is 1. The molecule has 0 bridgehead atoms. The van der Waals surface area contributed by atoms with E-state index in [1.165, 1.54) is 49.7 Å². The fourth-order valence-electron chi connectivity index (χ4n) is 2.37.